The summed E-state index contributed by atoms with van der Waals surface area (Å²) >= 11 is 0. The summed E-state index contributed by atoms with van der Waals surface area (Å²) in [5.41, 5.74) is 6.12. The summed E-state index contributed by atoms with van der Waals surface area (Å²) in [7, 11) is 0. The summed E-state index contributed by atoms with van der Waals surface area (Å²) in [6.45, 7) is 0.965. The molecule has 0 aromatic carbocycles. The Hall–Kier alpha value is -0.0800. The molecule has 3 rings (SSSR count). The molecule has 62 valence electrons. The van der Waals surface area contributed by atoms with Crippen molar-refractivity contribution in [1.82, 2.24) is 0 Å². The molecular formula is C9H15NO. The lowest BCUT2D eigenvalue weighted by atomic mass is 9.79. The highest BCUT2D eigenvalue weighted by atomic mass is 16.5. The second-order valence-electron chi connectivity index (χ2n) is 4.33. The minimum Gasteiger partial charge on any atom is -0.378 e. The second kappa shape index (κ2) is 1.99. The maximum Gasteiger partial charge on any atom is 0.0609 e. The highest BCUT2D eigenvalue weighted by Gasteiger charge is 2.53. The number of rotatable bonds is 0. The molecule has 2 nitrogen and oxygen atoms in total. The van der Waals surface area contributed by atoms with Crippen LogP contribution >= 0.6 is 0 Å². The molecule has 2 aliphatic carbocycles. The lowest BCUT2D eigenvalue weighted by Crippen LogP contribution is -2.45. The van der Waals surface area contributed by atoms with Crippen LogP contribution in [-0.4, -0.2) is 18.8 Å². The smallest absolute Gasteiger partial charge is 0.0609 e. The van der Waals surface area contributed by atoms with Gasteiger partial charge in [-0.05, 0) is 37.0 Å². The number of hydrogen-bond donors (Lipinski definition) is 1. The first-order chi connectivity index (χ1) is 5.36. The van der Waals surface area contributed by atoms with E-state index in [-0.39, 0.29) is 0 Å². The summed E-state index contributed by atoms with van der Waals surface area (Å²) in [4.78, 5) is 0. The number of nitrogens with two attached hydrogens (primary N) is 1. The summed E-state index contributed by atoms with van der Waals surface area (Å²) in [5, 5.41) is 0. The van der Waals surface area contributed by atoms with Gasteiger partial charge in [0.15, 0.2) is 0 Å². The first-order valence-electron chi connectivity index (χ1n) is 4.73. The molecule has 5 unspecified atom stereocenters. The van der Waals surface area contributed by atoms with Gasteiger partial charge in [-0.15, -0.1) is 0 Å². The highest BCUT2D eigenvalue weighted by molar-refractivity contribution is 5.05. The highest BCUT2D eigenvalue weighted by Crippen LogP contribution is 2.52. The van der Waals surface area contributed by atoms with Gasteiger partial charge in [-0.3, -0.25) is 0 Å². The van der Waals surface area contributed by atoms with E-state index < -0.39 is 0 Å². The Morgan fingerprint density at radius 1 is 1.18 bits per heavy atom. The van der Waals surface area contributed by atoms with Crippen molar-refractivity contribution in [2.45, 2.75) is 31.4 Å². The topological polar surface area (TPSA) is 35.2 Å². The van der Waals surface area contributed by atoms with Crippen molar-refractivity contribution in [3.8, 4) is 0 Å². The summed E-state index contributed by atoms with van der Waals surface area (Å²) in [6, 6.07) is 0.514. The predicted molar refractivity (Wildman–Crippen MR) is 42.0 cm³/mol. The molecule has 1 saturated heterocycles. The third kappa shape index (κ3) is 0.695. The fourth-order valence-electron chi connectivity index (χ4n) is 3.42. The molecule has 3 fully saturated rings. The van der Waals surface area contributed by atoms with Gasteiger partial charge in [0.2, 0.25) is 0 Å². The standard InChI is InChI=1S/C9H15NO/c10-9-5-3-7-6(9)1-2-11-8(7)4-5/h5-9H,1-4,10H2. The van der Waals surface area contributed by atoms with Gasteiger partial charge >= 0.3 is 0 Å². The van der Waals surface area contributed by atoms with E-state index in [1.807, 2.05) is 0 Å². The van der Waals surface area contributed by atoms with Crippen molar-refractivity contribution in [3.63, 3.8) is 0 Å². The van der Waals surface area contributed by atoms with E-state index in [2.05, 4.69) is 0 Å². The Kier molecular flexibility index (Phi) is 1.16. The van der Waals surface area contributed by atoms with Crippen LogP contribution in [0, 0.1) is 17.8 Å². The molecule has 0 radical (unpaired) electrons. The molecule has 0 spiro atoms. The van der Waals surface area contributed by atoms with Crippen LogP contribution in [0.15, 0.2) is 0 Å². The normalized spacial score (nSPS) is 60.3. The van der Waals surface area contributed by atoms with E-state index in [0.29, 0.717) is 12.1 Å². The molecule has 2 bridgehead atoms. The third-order valence-electron chi connectivity index (χ3n) is 3.96. The lowest BCUT2D eigenvalue weighted by molar-refractivity contribution is -0.0564. The fourth-order valence-corrected chi connectivity index (χ4v) is 3.42. The van der Waals surface area contributed by atoms with Crippen LogP contribution in [0.25, 0.3) is 0 Å². The van der Waals surface area contributed by atoms with E-state index in [1.165, 1.54) is 19.3 Å². The fraction of sp³-hybridized carbons (Fsp3) is 1.00. The van der Waals surface area contributed by atoms with Crippen LogP contribution in [0.4, 0.5) is 0 Å². The van der Waals surface area contributed by atoms with Crippen LogP contribution in [0.3, 0.4) is 0 Å². The second-order valence-corrected chi connectivity index (χ2v) is 4.33. The van der Waals surface area contributed by atoms with E-state index in [1.54, 1.807) is 0 Å². The molecule has 2 N–H and O–H groups in total. The first kappa shape index (κ1) is 6.44. The van der Waals surface area contributed by atoms with Gasteiger partial charge in [0, 0.05) is 12.6 Å². The predicted octanol–water partition coefficient (Wildman–Crippen LogP) is 0.759. The van der Waals surface area contributed by atoms with E-state index in [9.17, 15) is 0 Å². The van der Waals surface area contributed by atoms with Gasteiger partial charge in [0.05, 0.1) is 6.10 Å². The zero-order chi connectivity index (χ0) is 7.42. The molecule has 1 heterocycles. The van der Waals surface area contributed by atoms with E-state index in [0.717, 1.165) is 24.4 Å². The summed E-state index contributed by atoms with van der Waals surface area (Å²) < 4.78 is 5.70. The van der Waals surface area contributed by atoms with E-state index in [4.69, 9.17) is 10.5 Å². The molecule has 3 aliphatic rings. The monoisotopic (exact) mass is 153 g/mol. The summed E-state index contributed by atoms with van der Waals surface area (Å²) in [5.74, 6) is 2.45. The Morgan fingerprint density at radius 3 is 2.82 bits per heavy atom. The van der Waals surface area contributed by atoms with Crippen LogP contribution in [0.1, 0.15) is 19.3 Å². The quantitative estimate of drug-likeness (QED) is 0.557. The number of fused-ring (bicyclic) bond motifs is 1. The third-order valence-corrected chi connectivity index (χ3v) is 3.96. The van der Waals surface area contributed by atoms with Gasteiger partial charge in [0.1, 0.15) is 0 Å². The van der Waals surface area contributed by atoms with Gasteiger partial charge in [-0.25, -0.2) is 0 Å². The Labute approximate surface area is 67.1 Å². The first-order valence-corrected chi connectivity index (χ1v) is 4.73. The summed E-state index contributed by atoms with van der Waals surface area (Å²) in [6.07, 6.45) is 4.43. The van der Waals surface area contributed by atoms with Gasteiger partial charge in [-0.2, -0.15) is 0 Å². The van der Waals surface area contributed by atoms with Crippen LogP contribution in [0.2, 0.25) is 0 Å². The zero-order valence-corrected chi connectivity index (χ0v) is 6.70. The van der Waals surface area contributed by atoms with Gasteiger partial charge < -0.3 is 10.5 Å². The minimum absolute atomic E-state index is 0.514. The largest absolute Gasteiger partial charge is 0.378 e. The van der Waals surface area contributed by atoms with Crippen molar-refractivity contribution in [2.24, 2.45) is 23.5 Å². The molecule has 2 heteroatoms. The molecular weight excluding hydrogens is 138 g/mol. The Morgan fingerprint density at radius 2 is 2.09 bits per heavy atom. The van der Waals surface area contributed by atoms with Crippen LogP contribution < -0.4 is 5.73 Å². The van der Waals surface area contributed by atoms with E-state index >= 15 is 0 Å². The molecule has 1 aliphatic heterocycles. The average molecular weight is 153 g/mol. The number of ether oxygens (including phenoxy) is 1. The molecule has 0 amide bonds. The SMILES string of the molecule is NC1C2CC3OCCC1C3C2. The maximum atomic E-state index is 6.12. The zero-order valence-electron chi connectivity index (χ0n) is 6.70. The van der Waals surface area contributed by atoms with Crippen molar-refractivity contribution in [2.75, 3.05) is 6.61 Å². The average Bonchev–Trinajstić information content (AvgIpc) is 2.53. The maximum absolute atomic E-state index is 6.12. The van der Waals surface area contributed by atoms with Gasteiger partial charge in [-0.1, -0.05) is 0 Å². The molecule has 5 atom stereocenters. The van der Waals surface area contributed by atoms with Crippen molar-refractivity contribution in [3.05, 3.63) is 0 Å². The molecule has 2 saturated carbocycles. The molecule has 0 aromatic heterocycles. The number of hydrogen-bond acceptors (Lipinski definition) is 2. The van der Waals surface area contributed by atoms with Gasteiger partial charge in [0.25, 0.3) is 0 Å². The minimum atomic E-state index is 0.514. The van der Waals surface area contributed by atoms with Crippen LogP contribution in [0.5, 0.6) is 0 Å². The van der Waals surface area contributed by atoms with Crippen LogP contribution in [-0.2, 0) is 4.74 Å². The van der Waals surface area contributed by atoms with Crippen molar-refractivity contribution < 1.29 is 4.74 Å². The molecule has 11 heavy (non-hydrogen) atoms. The Balaban J connectivity index is 1.92. The van der Waals surface area contributed by atoms with Crippen molar-refractivity contribution in [1.29, 1.82) is 0 Å². The molecule has 0 aromatic rings. The van der Waals surface area contributed by atoms with Crippen molar-refractivity contribution >= 4 is 0 Å². The Bertz CT molecular complexity index is 178. The lowest BCUT2D eigenvalue weighted by Gasteiger charge is -2.38.